The molecule has 0 aromatic heterocycles. The van der Waals surface area contributed by atoms with Gasteiger partial charge in [-0.2, -0.15) is 0 Å². The normalized spacial score (nSPS) is 19.4. The van der Waals surface area contributed by atoms with Crippen LogP contribution in [-0.2, 0) is 10.3 Å². The van der Waals surface area contributed by atoms with Crippen molar-refractivity contribution in [1.82, 2.24) is 4.90 Å². The Morgan fingerprint density at radius 1 is 1.21 bits per heavy atom. The molecule has 2 nitrogen and oxygen atoms in total. The van der Waals surface area contributed by atoms with Gasteiger partial charge in [-0.25, -0.2) is 0 Å². The number of hydrogen-bond acceptors (Lipinski definition) is 2. The van der Waals surface area contributed by atoms with Crippen molar-refractivity contribution in [3.05, 3.63) is 33.4 Å². The molecule has 0 radical (unpaired) electrons. The van der Waals surface area contributed by atoms with Gasteiger partial charge in [0.15, 0.2) is 0 Å². The van der Waals surface area contributed by atoms with Crippen molar-refractivity contribution in [1.29, 1.82) is 0 Å². The van der Waals surface area contributed by atoms with E-state index in [-0.39, 0.29) is 5.54 Å². The van der Waals surface area contributed by atoms with Crippen molar-refractivity contribution >= 4 is 22.6 Å². The van der Waals surface area contributed by atoms with Gasteiger partial charge in [0.2, 0.25) is 0 Å². The first-order valence-electron chi connectivity index (χ1n) is 4.66. The van der Waals surface area contributed by atoms with Crippen LogP contribution in [0.15, 0.2) is 24.3 Å². The summed E-state index contributed by atoms with van der Waals surface area (Å²) < 4.78 is 6.62. The summed E-state index contributed by atoms with van der Waals surface area (Å²) >= 11 is 2.33. The van der Waals surface area contributed by atoms with Crippen molar-refractivity contribution in [2.75, 3.05) is 27.3 Å². The molecule has 1 heterocycles. The molecule has 0 amide bonds. The highest BCUT2D eigenvalue weighted by atomic mass is 127. The average Bonchev–Trinajstić information content (AvgIpc) is 2.05. The van der Waals surface area contributed by atoms with Gasteiger partial charge < -0.3 is 4.74 Å². The first-order valence-corrected chi connectivity index (χ1v) is 5.74. The van der Waals surface area contributed by atoms with Gasteiger partial charge in [-0.05, 0) is 54.4 Å². The first kappa shape index (κ1) is 10.4. The van der Waals surface area contributed by atoms with E-state index in [9.17, 15) is 0 Å². The molecular formula is C11H14INO. The zero-order valence-corrected chi connectivity index (χ0v) is 10.6. The third kappa shape index (κ3) is 1.57. The van der Waals surface area contributed by atoms with Crippen LogP contribution in [0.5, 0.6) is 0 Å². The van der Waals surface area contributed by atoms with Gasteiger partial charge in [0, 0.05) is 3.57 Å². The Labute approximate surface area is 98.4 Å². The van der Waals surface area contributed by atoms with E-state index in [0.29, 0.717) is 0 Å². The van der Waals surface area contributed by atoms with Crippen molar-refractivity contribution in [3.8, 4) is 0 Å². The minimum Gasteiger partial charge on any atom is -0.377 e. The molecule has 0 bridgehead atoms. The molecule has 1 aromatic rings. The number of nitrogens with zero attached hydrogens (tertiary/aromatic N) is 1. The minimum absolute atomic E-state index is 0.115. The molecule has 0 unspecified atom stereocenters. The van der Waals surface area contributed by atoms with Crippen LogP contribution in [0.3, 0.4) is 0 Å². The first-order chi connectivity index (χ1) is 6.65. The van der Waals surface area contributed by atoms with E-state index in [4.69, 9.17) is 4.74 Å². The molecule has 0 atom stereocenters. The molecule has 1 fully saturated rings. The van der Waals surface area contributed by atoms with E-state index in [1.54, 1.807) is 0 Å². The number of halogens is 1. The molecule has 76 valence electrons. The summed E-state index contributed by atoms with van der Waals surface area (Å²) in [5.41, 5.74) is 1.47. The van der Waals surface area contributed by atoms with Crippen LogP contribution in [0, 0.1) is 3.57 Å². The number of hydrogen-bond donors (Lipinski definition) is 0. The summed E-state index contributed by atoms with van der Waals surface area (Å²) in [6, 6.07) is 8.70. The lowest BCUT2D eigenvalue weighted by Crippen LogP contribution is -2.56. The fourth-order valence-electron chi connectivity index (χ4n) is 1.74. The highest BCUT2D eigenvalue weighted by Crippen LogP contribution is 2.34. The molecule has 0 N–H and O–H groups in total. The maximum absolute atomic E-state index is 5.34. The van der Waals surface area contributed by atoms with Gasteiger partial charge in [0.05, 0.1) is 18.8 Å². The molecule has 2 rings (SSSR count). The molecule has 0 aliphatic carbocycles. The summed E-state index contributed by atoms with van der Waals surface area (Å²) in [6.45, 7) is 1.61. The maximum Gasteiger partial charge on any atom is 0.0928 e. The summed E-state index contributed by atoms with van der Waals surface area (Å²) in [4.78, 5) is 2.25. The van der Waals surface area contributed by atoms with E-state index in [2.05, 4.69) is 65.9 Å². The predicted octanol–water partition coefficient (Wildman–Crippen LogP) is 2.08. The van der Waals surface area contributed by atoms with E-state index in [1.807, 2.05) is 0 Å². The molecule has 0 spiro atoms. The van der Waals surface area contributed by atoms with Crippen LogP contribution in [-0.4, -0.2) is 32.2 Å². The average molecular weight is 303 g/mol. The van der Waals surface area contributed by atoms with E-state index in [0.717, 1.165) is 13.2 Å². The van der Waals surface area contributed by atoms with Gasteiger partial charge in [-0.1, -0.05) is 12.1 Å². The summed E-state index contributed by atoms with van der Waals surface area (Å²) in [6.07, 6.45) is 0. The Bertz CT molecular complexity index is 317. The van der Waals surface area contributed by atoms with Crippen LogP contribution in [0.2, 0.25) is 0 Å². The SMILES string of the molecule is CN(C)C1(c2ccc(I)cc2)COC1. The third-order valence-corrected chi connectivity index (χ3v) is 3.64. The van der Waals surface area contributed by atoms with E-state index >= 15 is 0 Å². The molecule has 1 aromatic carbocycles. The van der Waals surface area contributed by atoms with Crippen LogP contribution >= 0.6 is 22.6 Å². The smallest absolute Gasteiger partial charge is 0.0928 e. The highest BCUT2D eigenvalue weighted by molar-refractivity contribution is 14.1. The van der Waals surface area contributed by atoms with Crippen LogP contribution in [0.4, 0.5) is 0 Å². The number of rotatable bonds is 2. The van der Waals surface area contributed by atoms with Gasteiger partial charge in [-0.3, -0.25) is 4.90 Å². The Balaban J connectivity index is 2.32. The quantitative estimate of drug-likeness (QED) is 0.776. The number of likely N-dealkylation sites (N-methyl/N-ethyl adjacent to an activating group) is 1. The highest BCUT2D eigenvalue weighted by Gasteiger charge is 2.42. The molecule has 0 saturated carbocycles. The fraction of sp³-hybridized carbons (Fsp3) is 0.455. The van der Waals surface area contributed by atoms with Crippen molar-refractivity contribution in [2.24, 2.45) is 0 Å². The summed E-state index contributed by atoms with van der Waals surface area (Å²) in [5.74, 6) is 0. The predicted molar refractivity (Wildman–Crippen MR) is 65.3 cm³/mol. The molecule has 1 aliphatic rings. The van der Waals surface area contributed by atoms with Crippen LogP contribution in [0.1, 0.15) is 5.56 Å². The number of benzene rings is 1. The number of ether oxygens (including phenoxy) is 1. The molecule has 1 saturated heterocycles. The topological polar surface area (TPSA) is 12.5 Å². The molecule has 1 aliphatic heterocycles. The summed E-state index contributed by atoms with van der Waals surface area (Å²) in [7, 11) is 4.22. The maximum atomic E-state index is 5.34. The Kier molecular flexibility index (Phi) is 2.81. The lowest BCUT2D eigenvalue weighted by molar-refractivity contribution is -0.130. The summed E-state index contributed by atoms with van der Waals surface area (Å²) in [5, 5.41) is 0. The van der Waals surface area contributed by atoms with Crippen molar-refractivity contribution < 1.29 is 4.74 Å². The third-order valence-electron chi connectivity index (χ3n) is 2.92. The zero-order valence-electron chi connectivity index (χ0n) is 8.46. The van der Waals surface area contributed by atoms with E-state index in [1.165, 1.54) is 9.13 Å². The monoisotopic (exact) mass is 303 g/mol. The Hall–Kier alpha value is -0.130. The Morgan fingerprint density at radius 2 is 1.79 bits per heavy atom. The van der Waals surface area contributed by atoms with Crippen molar-refractivity contribution in [3.63, 3.8) is 0 Å². The lowest BCUT2D eigenvalue weighted by Gasteiger charge is -2.47. The van der Waals surface area contributed by atoms with Gasteiger partial charge in [-0.15, -0.1) is 0 Å². The second kappa shape index (κ2) is 3.79. The largest absolute Gasteiger partial charge is 0.377 e. The molecular weight excluding hydrogens is 289 g/mol. The fourth-order valence-corrected chi connectivity index (χ4v) is 2.10. The molecule has 14 heavy (non-hydrogen) atoms. The van der Waals surface area contributed by atoms with Crippen molar-refractivity contribution in [2.45, 2.75) is 5.54 Å². The Morgan fingerprint density at radius 3 is 2.14 bits per heavy atom. The minimum atomic E-state index is 0.115. The second-order valence-electron chi connectivity index (χ2n) is 3.93. The van der Waals surface area contributed by atoms with Crippen LogP contribution in [0.25, 0.3) is 0 Å². The molecule has 3 heteroatoms. The standard InChI is InChI=1S/C11H14INO/c1-13(2)11(7-14-8-11)9-3-5-10(12)6-4-9/h3-6H,7-8H2,1-2H3. The zero-order chi connectivity index (χ0) is 10.2. The van der Waals surface area contributed by atoms with Crippen LogP contribution < -0.4 is 0 Å². The van der Waals surface area contributed by atoms with E-state index < -0.39 is 0 Å². The van der Waals surface area contributed by atoms with Gasteiger partial charge >= 0.3 is 0 Å². The van der Waals surface area contributed by atoms with Gasteiger partial charge in [0.1, 0.15) is 0 Å². The second-order valence-corrected chi connectivity index (χ2v) is 5.17. The lowest BCUT2D eigenvalue weighted by atomic mass is 9.87. The van der Waals surface area contributed by atoms with Gasteiger partial charge in [0.25, 0.3) is 0 Å².